The number of nitrogens with zero attached hydrogens (tertiary/aromatic N) is 5. The lowest BCUT2D eigenvalue weighted by atomic mass is 10.0. The number of hydrogen-bond donors (Lipinski definition) is 1. The predicted octanol–water partition coefficient (Wildman–Crippen LogP) is 4.21. The Morgan fingerprint density at radius 1 is 1.16 bits per heavy atom. The lowest BCUT2D eigenvalue weighted by Gasteiger charge is -2.26. The van der Waals surface area contributed by atoms with Crippen LogP contribution in [0.2, 0.25) is 0 Å². The second kappa shape index (κ2) is 10.2. The van der Waals surface area contributed by atoms with E-state index in [2.05, 4.69) is 10.3 Å². The number of methoxy groups -OCH3 is 1. The molecule has 2 fully saturated rings. The zero-order chi connectivity index (χ0) is 25.4. The van der Waals surface area contributed by atoms with Crippen LogP contribution >= 0.6 is 11.3 Å². The predicted molar refractivity (Wildman–Crippen MR) is 144 cm³/mol. The fourth-order valence-electron chi connectivity index (χ4n) is 5.21. The molecule has 9 nitrogen and oxygen atoms in total. The van der Waals surface area contributed by atoms with Crippen molar-refractivity contribution in [3.63, 3.8) is 0 Å². The van der Waals surface area contributed by atoms with Gasteiger partial charge in [-0.2, -0.15) is 0 Å². The first kappa shape index (κ1) is 24.0. The summed E-state index contributed by atoms with van der Waals surface area (Å²) in [5, 5.41) is 4.59. The first-order valence-electron chi connectivity index (χ1n) is 12.7. The van der Waals surface area contributed by atoms with E-state index >= 15 is 0 Å². The Morgan fingerprint density at radius 3 is 2.68 bits per heavy atom. The quantitative estimate of drug-likeness (QED) is 0.409. The number of ether oxygens (including phenoxy) is 2. The van der Waals surface area contributed by atoms with Crippen LogP contribution < -0.4 is 5.32 Å². The molecule has 37 heavy (non-hydrogen) atoms. The molecule has 6 rings (SSSR count). The monoisotopic (exact) mass is 518 g/mol. The molecule has 0 bridgehead atoms. The summed E-state index contributed by atoms with van der Waals surface area (Å²) in [7, 11) is 3.70. The highest BCUT2D eigenvalue weighted by atomic mass is 32.1. The molecule has 10 heteroatoms. The number of carbonyl (C=O) groups excluding carboxylic acids is 1. The number of rotatable bonds is 6. The molecule has 1 saturated heterocycles. The van der Waals surface area contributed by atoms with Gasteiger partial charge in [0.25, 0.3) is 5.91 Å². The van der Waals surface area contributed by atoms with Crippen LogP contribution in [0.5, 0.6) is 0 Å². The maximum atomic E-state index is 13.8. The number of anilines is 1. The Morgan fingerprint density at radius 2 is 1.97 bits per heavy atom. The Labute approximate surface area is 219 Å². The summed E-state index contributed by atoms with van der Waals surface area (Å²) in [5.41, 5.74) is 1.86. The van der Waals surface area contributed by atoms with Gasteiger partial charge in [0.2, 0.25) is 0 Å². The van der Waals surface area contributed by atoms with Crippen LogP contribution in [0.3, 0.4) is 0 Å². The number of benzene rings is 1. The minimum atomic E-state index is 0.00922. The number of carbonyl (C=O) groups is 1. The van der Waals surface area contributed by atoms with Crippen LogP contribution in [0, 0.1) is 0 Å². The molecule has 4 heterocycles. The van der Waals surface area contributed by atoms with Gasteiger partial charge in [0.1, 0.15) is 15.5 Å². The Kier molecular flexibility index (Phi) is 6.62. The fourth-order valence-corrected chi connectivity index (χ4v) is 6.37. The maximum Gasteiger partial charge on any atom is 0.264 e. The van der Waals surface area contributed by atoms with Crippen molar-refractivity contribution in [2.24, 2.45) is 7.05 Å². The zero-order valence-electron chi connectivity index (χ0n) is 21.0. The number of amides is 1. The van der Waals surface area contributed by atoms with Crippen molar-refractivity contribution >= 4 is 33.3 Å². The van der Waals surface area contributed by atoms with Crippen molar-refractivity contribution < 1.29 is 14.3 Å². The van der Waals surface area contributed by atoms with Gasteiger partial charge in [-0.25, -0.2) is 15.0 Å². The number of hydrogen-bond acceptors (Lipinski definition) is 8. The molecule has 2 atom stereocenters. The van der Waals surface area contributed by atoms with Crippen molar-refractivity contribution in [2.45, 2.75) is 31.4 Å². The number of aryl methyl sites for hydroxylation is 1. The third-order valence-electron chi connectivity index (χ3n) is 7.19. The Balaban J connectivity index is 1.55. The molecule has 1 aliphatic heterocycles. The van der Waals surface area contributed by atoms with E-state index in [9.17, 15) is 4.79 Å². The molecule has 1 aromatic carbocycles. The topological polar surface area (TPSA) is 94.4 Å². The highest BCUT2D eigenvalue weighted by Gasteiger charge is 2.31. The van der Waals surface area contributed by atoms with Crippen LogP contribution in [-0.2, 0) is 16.5 Å². The largest absolute Gasteiger partial charge is 0.381 e. The van der Waals surface area contributed by atoms with Crippen LogP contribution in [0.25, 0.3) is 33.0 Å². The van der Waals surface area contributed by atoms with E-state index in [1.165, 1.54) is 11.3 Å². The number of morpholine rings is 1. The normalized spacial score (nSPS) is 20.0. The van der Waals surface area contributed by atoms with E-state index in [1.54, 1.807) is 13.3 Å². The van der Waals surface area contributed by atoms with Gasteiger partial charge >= 0.3 is 0 Å². The van der Waals surface area contributed by atoms with E-state index in [-0.39, 0.29) is 18.1 Å². The van der Waals surface area contributed by atoms with Gasteiger partial charge in [0.05, 0.1) is 24.7 Å². The second-order valence-electron chi connectivity index (χ2n) is 9.53. The van der Waals surface area contributed by atoms with Gasteiger partial charge in [0, 0.05) is 51.2 Å². The minimum Gasteiger partial charge on any atom is -0.381 e. The average molecular weight is 519 g/mol. The number of nitrogens with one attached hydrogen (secondary N) is 1. The Hall–Kier alpha value is -3.34. The average Bonchev–Trinajstić information content (AvgIpc) is 3.67. The summed E-state index contributed by atoms with van der Waals surface area (Å²) >= 11 is 1.43. The van der Waals surface area contributed by atoms with Crippen LogP contribution in [0.1, 0.15) is 28.9 Å². The summed E-state index contributed by atoms with van der Waals surface area (Å²) in [6.45, 7) is 2.26. The van der Waals surface area contributed by atoms with Gasteiger partial charge in [-0.05, 0) is 24.8 Å². The van der Waals surface area contributed by atoms with Crippen LogP contribution in [0.4, 0.5) is 5.82 Å². The van der Waals surface area contributed by atoms with Crippen molar-refractivity contribution in [1.29, 1.82) is 0 Å². The van der Waals surface area contributed by atoms with E-state index in [0.717, 1.165) is 46.4 Å². The summed E-state index contributed by atoms with van der Waals surface area (Å²) < 4.78 is 13.0. The molecule has 1 saturated carbocycles. The Bertz CT molecular complexity index is 1410. The minimum absolute atomic E-state index is 0.00922. The van der Waals surface area contributed by atoms with Gasteiger partial charge in [0.15, 0.2) is 11.6 Å². The van der Waals surface area contributed by atoms with Crippen molar-refractivity contribution in [3.8, 4) is 22.8 Å². The molecule has 2 aliphatic rings. The molecule has 4 aromatic rings. The first-order valence-corrected chi connectivity index (χ1v) is 13.5. The second-order valence-corrected chi connectivity index (χ2v) is 10.5. The summed E-state index contributed by atoms with van der Waals surface area (Å²) in [4.78, 5) is 31.6. The lowest BCUT2D eigenvalue weighted by molar-refractivity contribution is 0.0306. The molecular weight excluding hydrogens is 488 g/mol. The van der Waals surface area contributed by atoms with E-state index in [0.29, 0.717) is 42.8 Å². The van der Waals surface area contributed by atoms with E-state index in [4.69, 9.17) is 19.4 Å². The molecule has 0 unspecified atom stereocenters. The number of fused-ring (bicyclic) bond motifs is 1. The summed E-state index contributed by atoms with van der Waals surface area (Å²) in [5.74, 6) is 1.97. The van der Waals surface area contributed by atoms with Crippen molar-refractivity contribution in [1.82, 2.24) is 24.4 Å². The summed E-state index contributed by atoms with van der Waals surface area (Å²) in [6.07, 6.45) is 6.76. The van der Waals surface area contributed by atoms with Gasteiger partial charge in [-0.15, -0.1) is 11.3 Å². The smallest absolute Gasteiger partial charge is 0.264 e. The fraction of sp³-hybridized carbons (Fsp3) is 0.407. The van der Waals surface area contributed by atoms with Crippen LogP contribution in [0.15, 0.2) is 42.7 Å². The highest BCUT2D eigenvalue weighted by molar-refractivity contribution is 7.21. The number of imidazole rings is 1. The highest BCUT2D eigenvalue weighted by Crippen LogP contribution is 2.43. The molecule has 3 aromatic heterocycles. The van der Waals surface area contributed by atoms with Gasteiger partial charge in [-0.3, -0.25) is 4.79 Å². The standard InChI is InChI=1S/C27H30N6O3S/c1-32-11-10-28-25(32)24-30-23(29-18-8-9-19(16-18)35-2)21-20(17-6-4-3-5-7-17)22(37-26(21)31-24)27(34)33-12-14-36-15-13-33/h3-7,10-11,18-19H,8-9,12-16H2,1-2H3,(H,29,30,31)/t18-,19+/m1/s1. The molecule has 1 amide bonds. The molecule has 1 N–H and O–H groups in total. The molecule has 0 radical (unpaired) electrons. The lowest BCUT2D eigenvalue weighted by Crippen LogP contribution is -2.40. The third kappa shape index (κ3) is 4.60. The maximum absolute atomic E-state index is 13.8. The van der Waals surface area contributed by atoms with Gasteiger partial charge < -0.3 is 24.3 Å². The summed E-state index contributed by atoms with van der Waals surface area (Å²) in [6, 6.07) is 10.3. The third-order valence-corrected chi connectivity index (χ3v) is 8.26. The van der Waals surface area contributed by atoms with E-state index in [1.807, 2.05) is 53.0 Å². The molecule has 192 valence electrons. The molecule has 1 aliphatic carbocycles. The first-order chi connectivity index (χ1) is 18.1. The number of aromatic nitrogens is 4. The van der Waals surface area contributed by atoms with Crippen LogP contribution in [-0.4, -0.2) is 75.9 Å². The SMILES string of the molecule is CO[C@H]1CC[C@@H](Nc2nc(-c3nccn3C)nc3sc(C(=O)N4CCOCC4)c(-c4ccccc4)c23)C1. The van der Waals surface area contributed by atoms with Crippen molar-refractivity contribution in [2.75, 3.05) is 38.7 Å². The van der Waals surface area contributed by atoms with E-state index < -0.39 is 0 Å². The molecular formula is C27H30N6O3S. The van der Waals surface area contributed by atoms with Gasteiger partial charge in [-0.1, -0.05) is 30.3 Å². The van der Waals surface area contributed by atoms with Crippen molar-refractivity contribution in [3.05, 3.63) is 47.6 Å². The number of thiophene rings is 1. The zero-order valence-corrected chi connectivity index (χ0v) is 21.8. The molecule has 0 spiro atoms.